The van der Waals surface area contributed by atoms with E-state index in [0.29, 0.717) is 6.61 Å². The molecule has 0 spiro atoms. The maximum atomic E-state index is 11.3. The number of halogens is 1. The van der Waals surface area contributed by atoms with Gasteiger partial charge < -0.3 is 9.47 Å². The van der Waals surface area contributed by atoms with Crippen LogP contribution in [0.1, 0.15) is 0 Å². The Hall–Kier alpha value is -0.570. The van der Waals surface area contributed by atoms with Crippen LogP contribution in [0.2, 0.25) is 0 Å². The third kappa shape index (κ3) is 1.93. The lowest BCUT2D eigenvalue weighted by Crippen LogP contribution is -1.84. The predicted octanol–water partition coefficient (Wildman–Crippen LogP) is 0.843. The second-order valence-corrected chi connectivity index (χ2v) is 1.43. The van der Waals surface area contributed by atoms with Crippen molar-refractivity contribution in [1.29, 1.82) is 0 Å². The molecule has 0 amide bonds. The number of rotatable bonds is 3. The van der Waals surface area contributed by atoms with Crippen LogP contribution in [-0.2, 0) is 9.47 Å². The van der Waals surface area contributed by atoms with Crippen molar-refractivity contribution in [3.05, 3.63) is 12.3 Å². The normalized spacial score (nSPS) is 26.4. The first-order valence-electron chi connectivity index (χ1n) is 2.41. The molecule has 1 atom stereocenters. The number of ether oxygens (including phenoxy) is 2. The fourth-order valence-electron chi connectivity index (χ4n) is 0.297. The highest BCUT2D eigenvalue weighted by Crippen LogP contribution is 2.09. The van der Waals surface area contributed by atoms with Gasteiger partial charge in [0.15, 0.2) is 0 Å². The molecule has 0 N–H and O–H groups in total. The molecular weight excluding hydrogens is 111 g/mol. The fraction of sp³-hybridized carbons (Fsp3) is 0.600. The molecule has 1 fully saturated rings. The zero-order chi connectivity index (χ0) is 5.82. The fourth-order valence-corrected chi connectivity index (χ4v) is 0.297. The molecule has 0 aromatic heterocycles. The van der Waals surface area contributed by atoms with Crippen molar-refractivity contribution in [3.8, 4) is 0 Å². The zero-order valence-corrected chi connectivity index (χ0v) is 4.34. The molecule has 0 saturated carbocycles. The van der Waals surface area contributed by atoms with E-state index in [-0.39, 0.29) is 6.29 Å². The molecule has 1 rings (SSSR count). The van der Waals surface area contributed by atoms with E-state index in [2.05, 4.69) is 4.74 Å². The van der Waals surface area contributed by atoms with Gasteiger partial charge in [-0.1, -0.05) is 0 Å². The molecule has 0 aliphatic carbocycles. The van der Waals surface area contributed by atoms with Crippen LogP contribution in [0.5, 0.6) is 0 Å². The van der Waals surface area contributed by atoms with Crippen LogP contribution in [0.15, 0.2) is 12.3 Å². The van der Waals surface area contributed by atoms with Gasteiger partial charge in [-0.15, -0.1) is 0 Å². The molecule has 1 unspecified atom stereocenters. The summed E-state index contributed by atoms with van der Waals surface area (Å²) in [5.74, 6) is 0. The molecule has 3 heteroatoms. The number of allylic oxidation sites excluding steroid dienone is 1. The van der Waals surface area contributed by atoms with Crippen molar-refractivity contribution >= 4 is 0 Å². The van der Waals surface area contributed by atoms with E-state index >= 15 is 0 Å². The van der Waals surface area contributed by atoms with Crippen molar-refractivity contribution in [3.63, 3.8) is 0 Å². The van der Waals surface area contributed by atoms with Gasteiger partial charge in [-0.25, -0.2) is 4.39 Å². The van der Waals surface area contributed by atoms with Crippen LogP contribution in [0.25, 0.3) is 0 Å². The molecule has 46 valence electrons. The van der Waals surface area contributed by atoms with E-state index in [9.17, 15) is 4.39 Å². The molecule has 0 aromatic carbocycles. The van der Waals surface area contributed by atoms with E-state index in [0.717, 1.165) is 0 Å². The van der Waals surface area contributed by atoms with Crippen molar-refractivity contribution in [2.75, 3.05) is 13.3 Å². The first-order chi connectivity index (χ1) is 3.93. The van der Waals surface area contributed by atoms with Crippen LogP contribution in [0, 0.1) is 0 Å². The Morgan fingerprint density at radius 2 is 2.62 bits per heavy atom. The summed E-state index contributed by atoms with van der Waals surface area (Å²) in [6.45, 7) is 0.156. The molecule has 0 bridgehead atoms. The summed E-state index contributed by atoms with van der Waals surface area (Å²) in [4.78, 5) is 0. The Balaban J connectivity index is 1.93. The predicted molar refractivity (Wildman–Crippen MR) is 25.9 cm³/mol. The molecule has 1 aliphatic rings. The summed E-state index contributed by atoms with van der Waals surface area (Å²) in [5.41, 5.74) is 0. The minimum atomic E-state index is -0.479. The van der Waals surface area contributed by atoms with Crippen LogP contribution in [-0.4, -0.2) is 19.6 Å². The molecule has 2 nitrogen and oxygen atoms in total. The molecule has 1 heterocycles. The second-order valence-electron chi connectivity index (χ2n) is 1.43. The molecule has 0 radical (unpaired) electrons. The maximum absolute atomic E-state index is 11.3. The summed E-state index contributed by atoms with van der Waals surface area (Å²) in [6.07, 6.45) is 2.51. The SMILES string of the molecule is FC/C=C/OC1CO1. The zero-order valence-electron chi connectivity index (χ0n) is 4.34. The second kappa shape index (κ2) is 2.67. The van der Waals surface area contributed by atoms with Gasteiger partial charge in [-0.05, 0) is 6.08 Å². The van der Waals surface area contributed by atoms with Crippen LogP contribution >= 0.6 is 0 Å². The van der Waals surface area contributed by atoms with Gasteiger partial charge >= 0.3 is 0 Å². The Morgan fingerprint density at radius 1 is 1.88 bits per heavy atom. The first-order valence-corrected chi connectivity index (χ1v) is 2.41. The van der Waals surface area contributed by atoms with Gasteiger partial charge in [0.1, 0.15) is 13.3 Å². The standard InChI is InChI=1S/C5H7FO2/c6-2-1-3-7-5-4-8-5/h1,3,5H,2,4H2/b3-1+. The number of alkyl halides is 1. The first kappa shape index (κ1) is 5.56. The summed E-state index contributed by atoms with van der Waals surface area (Å²) >= 11 is 0. The Labute approximate surface area is 46.9 Å². The summed E-state index contributed by atoms with van der Waals surface area (Å²) in [5, 5.41) is 0. The minimum absolute atomic E-state index is 0.0993. The average molecular weight is 118 g/mol. The lowest BCUT2D eigenvalue weighted by Gasteiger charge is -1.87. The number of hydrogen-bond donors (Lipinski definition) is 0. The van der Waals surface area contributed by atoms with Crippen LogP contribution < -0.4 is 0 Å². The smallest absolute Gasteiger partial charge is 0.222 e. The van der Waals surface area contributed by atoms with Crippen molar-refractivity contribution in [1.82, 2.24) is 0 Å². The quantitative estimate of drug-likeness (QED) is 0.404. The molecule has 1 aliphatic heterocycles. The summed E-state index contributed by atoms with van der Waals surface area (Å²) in [6, 6.07) is 0. The van der Waals surface area contributed by atoms with Crippen LogP contribution in [0.4, 0.5) is 4.39 Å². The highest BCUT2D eigenvalue weighted by atomic mass is 19.1. The molecule has 1 saturated heterocycles. The highest BCUT2D eigenvalue weighted by Gasteiger charge is 2.22. The van der Waals surface area contributed by atoms with Gasteiger partial charge in [0.25, 0.3) is 0 Å². The van der Waals surface area contributed by atoms with Crippen LogP contribution in [0.3, 0.4) is 0 Å². The van der Waals surface area contributed by atoms with Gasteiger partial charge in [-0.2, -0.15) is 0 Å². The largest absolute Gasteiger partial charge is 0.470 e. The van der Waals surface area contributed by atoms with E-state index in [1.54, 1.807) is 0 Å². The monoisotopic (exact) mass is 118 g/mol. The summed E-state index contributed by atoms with van der Waals surface area (Å²) in [7, 11) is 0. The summed E-state index contributed by atoms with van der Waals surface area (Å²) < 4.78 is 20.7. The van der Waals surface area contributed by atoms with Crippen molar-refractivity contribution in [2.24, 2.45) is 0 Å². The van der Waals surface area contributed by atoms with Crippen molar-refractivity contribution < 1.29 is 13.9 Å². The minimum Gasteiger partial charge on any atom is -0.470 e. The third-order valence-electron chi connectivity index (χ3n) is 0.718. The van der Waals surface area contributed by atoms with E-state index in [1.165, 1.54) is 12.3 Å². The molecule has 0 aromatic rings. The molecular formula is C5H7FO2. The third-order valence-corrected chi connectivity index (χ3v) is 0.718. The van der Waals surface area contributed by atoms with Gasteiger partial charge in [-0.3, -0.25) is 0 Å². The number of epoxide rings is 1. The van der Waals surface area contributed by atoms with E-state index in [1.807, 2.05) is 0 Å². The van der Waals surface area contributed by atoms with Gasteiger partial charge in [0, 0.05) is 0 Å². The Bertz CT molecular complexity index is 88.4. The Morgan fingerprint density at radius 3 is 3.12 bits per heavy atom. The number of hydrogen-bond acceptors (Lipinski definition) is 2. The topological polar surface area (TPSA) is 21.8 Å². The van der Waals surface area contributed by atoms with Crippen molar-refractivity contribution in [2.45, 2.75) is 6.29 Å². The van der Waals surface area contributed by atoms with E-state index < -0.39 is 6.67 Å². The maximum Gasteiger partial charge on any atom is 0.222 e. The lowest BCUT2D eigenvalue weighted by atomic mass is 10.7. The Kier molecular flexibility index (Phi) is 1.86. The van der Waals surface area contributed by atoms with E-state index in [4.69, 9.17) is 4.74 Å². The molecule has 8 heavy (non-hydrogen) atoms. The average Bonchev–Trinajstić information content (AvgIpc) is 2.51. The lowest BCUT2D eigenvalue weighted by molar-refractivity contribution is 0.130. The highest BCUT2D eigenvalue weighted by molar-refractivity contribution is 4.73. The van der Waals surface area contributed by atoms with Gasteiger partial charge in [0.05, 0.1) is 6.26 Å². The van der Waals surface area contributed by atoms with Gasteiger partial charge in [0.2, 0.25) is 6.29 Å².